The van der Waals surface area contributed by atoms with E-state index in [0.717, 1.165) is 5.75 Å². The molecule has 0 saturated carbocycles. The number of H-pyrrole nitrogens is 1. The fraction of sp³-hybridized carbons (Fsp3) is 0.545. The van der Waals surface area contributed by atoms with E-state index in [-0.39, 0.29) is 29.7 Å². The average Bonchev–Trinajstić information content (AvgIpc) is 2.86. The van der Waals surface area contributed by atoms with Crippen LogP contribution in [0, 0.1) is 0 Å². The maximum Gasteiger partial charge on any atom is 0.270 e. The van der Waals surface area contributed by atoms with Crippen LogP contribution in [-0.4, -0.2) is 57.8 Å². The zero-order valence-corrected chi connectivity index (χ0v) is 12.6. The SMILES string of the molecule is CCSCC(=O)NCC(O)CNC(=O)c1[nH]ncc1Cl. The van der Waals surface area contributed by atoms with Crippen LogP contribution >= 0.6 is 23.4 Å². The number of thioether (sulfide) groups is 1. The Kier molecular flexibility index (Phi) is 7.42. The van der Waals surface area contributed by atoms with Crippen molar-refractivity contribution in [2.75, 3.05) is 24.6 Å². The maximum atomic E-state index is 11.6. The number of rotatable bonds is 8. The number of aliphatic hydroxyl groups excluding tert-OH is 1. The Bertz CT molecular complexity index is 455. The van der Waals surface area contributed by atoms with Gasteiger partial charge < -0.3 is 15.7 Å². The lowest BCUT2D eigenvalue weighted by atomic mass is 10.3. The number of carbonyl (C=O) groups excluding carboxylic acids is 2. The summed E-state index contributed by atoms with van der Waals surface area (Å²) in [6.07, 6.45) is 0.453. The molecule has 9 heteroatoms. The lowest BCUT2D eigenvalue weighted by molar-refractivity contribution is -0.119. The van der Waals surface area contributed by atoms with Gasteiger partial charge in [0.15, 0.2) is 0 Å². The largest absolute Gasteiger partial charge is 0.389 e. The number of hydrogen-bond acceptors (Lipinski definition) is 5. The molecular formula is C11H17ClN4O3S. The molecule has 1 heterocycles. The summed E-state index contributed by atoms with van der Waals surface area (Å²) in [5.41, 5.74) is 0.141. The molecule has 0 saturated heterocycles. The summed E-state index contributed by atoms with van der Waals surface area (Å²) < 4.78 is 0. The van der Waals surface area contributed by atoms with Crippen LogP contribution in [0.15, 0.2) is 6.20 Å². The molecular weight excluding hydrogens is 304 g/mol. The Morgan fingerprint density at radius 2 is 2.20 bits per heavy atom. The van der Waals surface area contributed by atoms with Gasteiger partial charge in [0.1, 0.15) is 5.69 Å². The highest BCUT2D eigenvalue weighted by Crippen LogP contribution is 2.10. The zero-order chi connectivity index (χ0) is 15.0. The normalized spacial score (nSPS) is 11.9. The number of hydrogen-bond donors (Lipinski definition) is 4. The van der Waals surface area contributed by atoms with Gasteiger partial charge in [0, 0.05) is 13.1 Å². The van der Waals surface area contributed by atoms with E-state index < -0.39 is 12.0 Å². The van der Waals surface area contributed by atoms with Crippen LogP contribution < -0.4 is 10.6 Å². The molecule has 0 aliphatic rings. The Balaban J connectivity index is 2.23. The molecule has 2 amide bonds. The highest BCUT2D eigenvalue weighted by molar-refractivity contribution is 7.99. The van der Waals surface area contributed by atoms with Gasteiger partial charge in [-0.15, -0.1) is 0 Å². The molecule has 0 bridgehead atoms. The van der Waals surface area contributed by atoms with Crippen molar-refractivity contribution in [1.29, 1.82) is 0 Å². The Morgan fingerprint density at radius 1 is 1.50 bits per heavy atom. The van der Waals surface area contributed by atoms with Crippen molar-refractivity contribution in [2.24, 2.45) is 0 Å². The van der Waals surface area contributed by atoms with Gasteiger partial charge in [0.2, 0.25) is 5.91 Å². The van der Waals surface area contributed by atoms with E-state index in [1.54, 1.807) is 0 Å². The molecule has 0 spiro atoms. The van der Waals surface area contributed by atoms with Crippen molar-refractivity contribution >= 4 is 35.2 Å². The molecule has 0 fully saturated rings. The summed E-state index contributed by atoms with van der Waals surface area (Å²) in [5.74, 6) is 0.620. The molecule has 0 aliphatic carbocycles. The molecule has 1 aromatic heterocycles. The van der Waals surface area contributed by atoms with E-state index in [2.05, 4.69) is 20.8 Å². The number of aromatic nitrogens is 2. The van der Waals surface area contributed by atoms with Gasteiger partial charge in [-0.2, -0.15) is 16.9 Å². The first kappa shape index (κ1) is 16.8. The summed E-state index contributed by atoms with van der Waals surface area (Å²) in [7, 11) is 0. The number of aromatic amines is 1. The van der Waals surface area contributed by atoms with Gasteiger partial charge in [-0.3, -0.25) is 14.7 Å². The predicted octanol–water partition coefficient (Wildman–Crippen LogP) is 0.0231. The van der Waals surface area contributed by atoms with Crippen molar-refractivity contribution in [1.82, 2.24) is 20.8 Å². The summed E-state index contributed by atoms with van der Waals surface area (Å²) >= 11 is 7.22. The first-order valence-corrected chi connectivity index (χ1v) is 7.57. The lowest BCUT2D eigenvalue weighted by Crippen LogP contribution is -2.40. The predicted molar refractivity (Wildman–Crippen MR) is 77.9 cm³/mol. The van der Waals surface area contributed by atoms with Crippen molar-refractivity contribution in [2.45, 2.75) is 13.0 Å². The number of amides is 2. The van der Waals surface area contributed by atoms with Gasteiger partial charge in [-0.05, 0) is 5.75 Å². The zero-order valence-electron chi connectivity index (χ0n) is 11.0. The Morgan fingerprint density at radius 3 is 2.80 bits per heavy atom. The third-order valence-electron chi connectivity index (χ3n) is 2.29. The second-order valence-electron chi connectivity index (χ2n) is 3.90. The molecule has 7 nitrogen and oxygen atoms in total. The minimum absolute atomic E-state index is 0.00931. The average molecular weight is 321 g/mol. The van der Waals surface area contributed by atoms with Gasteiger partial charge in [-0.1, -0.05) is 18.5 Å². The van der Waals surface area contributed by atoms with Crippen LogP contribution in [-0.2, 0) is 4.79 Å². The van der Waals surface area contributed by atoms with Crippen LogP contribution in [0.4, 0.5) is 0 Å². The highest BCUT2D eigenvalue weighted by atomic mass is 35.5. The topological polar surface area (TPSA) is 107 Å². The molecule has 112 valence electrons. The summed E-state index contributed by atoms with van der Waals surface area (Å²) in [6.45, 7) is 2.05. The van der Waals surface area contributed by atoms with Gasteiger partial charge in [0.05, 0.1) is 23.1 Å². The van der Waals surface area contributed by atoms with E-state index in [9.17, 15) is 14.7 Å². The van der Waals surface area contributed by atoms with Crippen LogP contribution in [0.5, 0.6) is 0 Å². The summed E-state index contributed by atoms with van der Waals surface area (Å²) in [6, 6.07) is 0. The quantitative estimate of drug-likeness (QED) is 0.540. The van der Waals surface area contributed by atoms with Crippen LogP contribution in [0.2, 0.25) is 5.02 Å². The Hall–Kier alpha value is -1.25. The standard InChI is InChI=1S/C11H17ClN4O3S/c1-2-20-6-9(18)13-3-7(17)4-14-11(19)10-8(12)5-15-16-10/h5,7,17H,2-4,6H2,1H3,(H,13,18)(H,14,19)(H,15,16). The molecule has 0 radical (unpaired) electrons. The van der Waals surface area contributed by atoms with E-state index in [1.165, 1.54) is 18.0 Å². The fourth-order valence-corrected chi connectivity index (χ4v) is 1.95. The minimum atomic E-state index is -0.865. The van der Waals surface area contributed by atoms with Crippen molar-refractivity contribution in [3.63, 3.8) is 0 Å². The number of halogens is 1. The number of nitrogens with one attached hydrogen (secondary N) is 3. The van der Waals surface area contributed by atoms with Crippen molar-refractivity contribution in [3.8, 4) is 0 Å². The number of nitrogens with zero attached hydrogens (tertiary/aromatic N) is 1. The molecule has 1 unspecified atom stereocenters. The molecule has 1 rings (SSSR count). The fourth-order valence-electron chi connectivity index (χ4n) is 1.28. The smallest absolute Gasteiger partial charge is 0.270 e. The second kappa shape index (κ2) is 8.83. The van der Waals surface area contributed by atoms with Gasteiger partial charge >= 0.3 is 0 Å². The number of carbonyl (C=O) groups is 2. The summed E-state index contributed by atoms with van der Waals surface area (Å²) in [4.78, 5) is 23.0. The lowest BCUT2D eigenvalue weighted by Gasteiger charge is -2.12. The number of aliphatic hydroxyl groups is 1. The highest BCUT2D eigenvalue weighted by Gasteiger charge is 2.14. The first-order chi connectivity index (χ1) is 9.54. The Labute approximate surface area is 125 Å². The van der Waals surface area contributed by atoms with Gasteiger partial charge in [-0.25, -0.2) is 0 Å². The van der Waals surface area contributed by atoms with E-state index in [1.807, 2.05) is 6.92 Å². The maximum absolute atomic E-state index is 11.6. The van der Waals surface area contributed by atoms with E-state index >= 15 is 0 Å². The molecule has 0 aromatic carbocycles. The second-order valence-corrected chi connectivity index (χ2v) is 5.58. The minimum Gasteiger partial charge on any atom is -0.389 e. The monoisotopic (exact) mass is 320 g/mol. The molecule has 1 aromatic rings. The van der Waals surface area contributed by atoms with Crippen LogP contribution in [0.25, 0.3) is 0 Å². The van der Waals surface area contributed by atoms with E-state index in [0.29, 0.717) is 5.75 Å². The first-order valence-electron chi connectivity index (χ1n) is 6.04. The van der Waals surface area contributed by atoms with Gasteiger partial charge in [0.25, 0.3) is 5.91 Å². The van der Waals surface area contributed by atoms with E-state index in [4.69, 9.17) is 11.6 Å². The molecule has 1 atom stereocenters. The summed E-state index contributed by atoms with van der Waals surface area (Å²) in [5, 5.41) is 21.0. The third kappa shape index (κ3) is 5.81. The van der Waals surface area contributed by atoms with Crippen LogP contribution in [0.1, 0.15) is 17.4 Å². The third-order valence-corrected chi connectivity index (χ3v) is 3.45. The molecule has 20 heavy (non-hydrogen) atoms. The molecule has 4 N–H and O–H groups in total. The van der Waals surface area contributed by atoms with Crippen molar-refractivity contribution in [3.05, 3.63) is 16.9 Å². The van der Waals surface area contributed by atoms with Crippen LogP contribution in [0.3, 0.4) is 0 Å². The molecule has 0 aliphatic heterocycles. The van der Waals surface area contributed by atoms with Crippen molar-refractivity contribution < 1.29 is 14.7 Å².